The SMILES string of the molecule is COc1ccc(OC)c(N(CC(=O)Nc2ccccc2C(=O)N[C@@H](C)c2ccccc2)S(=O)(=O)c2ccccc2)c1. The van der Waals surface area contributed by atoms with Gasteiger partial charge in [0.05, 0.1) is 42.1 Å². The third-order valence-electron chi connectivity index (χ3n) is 6.37. The molecule has 0 aromatic heterocycles. The molecule has 4 aromatic carbocycles. The number of carbonyl (C=O) groups excluding carboxylic acids is 2. The fourth-order valence-corrected chi connectivity index (χ4v) is 5.67. The lowest BCUT2D eigenvalue weighted by Crippen LogP contribution is -2.38. The van der Waals surface area contributed by atoms with Gasteiger partial charge in [-0.15, -0.1) is 0 Å². The third-order valence-corrected chi connectivity index (χ3v) is 8.14. The van der Waals surface area contributed by atoms with Gasteiger partial charge in [0.15, 0.2) is 0 Å². The second-order valence-corrected chi connectivity index (χ2v) is 10.9. The topological polar surface area (TPSA) is 114 Å². The molecule has 4 aromatic rings. The van der Waals surface area contributed by atoms with E-state index >= 15 is 0 Å². The van der Waals surface area contributed by atoms with Gasteiger partial charge < -0.3 is 20.1 Å². The number of anilines is 2. The number of sulfonamides is 1. The average molecular weight is 574 g/mol. The monoisotopic (exact) mass is 573 g/mol. The number of ether oxygens (including phenoxy) is 2. The quantitative estimate of drug-likeness (QED) is 0.260. The van der Waals surface area contributed by atoms with Crippen LogP contribution >= 0.6 is 0 Å². The molecule has 0 bridgehead atoms. The maximum Gasteiger partial charge on any atom is 0.264 e. The number of methoxy groups -OCH3 is 2. The zero-order chi connectivity index (χ0) is 29.4. The first-order chi connectivity index (χ1) is 19.7. The second kappa shape index (κ2) is 13.0. The Kier molecular flexibility index (Phi) is 9.26. The highest BCUT2D eigenvalue weighted by molar-refractivity contribution is 7.92. The van der Waals surface area contributed by atoms with Gasteiger partial charge in [0.2, 0.25) is 5.91 Å². The van der Waals surface area contributed by atoms with E-state index in [0.717, 1.165) is 9.87 Å². The molecule has 0 radical (unpaired) electrons. The van der Waals surface area contributed by atoms with E-state index in [2.05, 4.69) is 10.6 Å². The van der Waals surface area contributed by atoms with E-state index in [4.69, 9.17) is 9.47 Å². The van der Waals surface area contributed by atoms with Crippen molar-refractivity contribution in [2.24, 2.45) is 0 Å². The average Bonchev–Trinajstić information content (AvgIpc) is 3.00. The predicted molar refractivity (Wildman–Crippen MR) is 158 cm³/mol. The summed E-state index contributed by atoms with van der Waals surface area (Å²) >= 11 is 0. The fourth-order valence-electron chi connectivity index (χ4n) is 4.22. The van der Waals surface area contributed by atoms with Crippen LogP contribution in [0.1, 0.15) is 28.9 Å². The highest BCUT2D eigenvalue weighted by atomic mass is 32.2. The molecule has 0 saturated heterocycles. The largest absolute Gasteiger partial charge is 0.497 e. The van der Waals surface area contributed by atoms with Crippen molar-refractivity contribution >= 4 is 33.2 Å². The number of rotatable bonds is 11. The van der Waals surface area contributed by atoms with Crippen LogP contribution in [0.2, 0.25) is 0 Å². The summed E-state index contributed by atoms with van der Waals surface area (Å²) in [5.74, 6) is -0.442. The first-order valence-corrected chi connectivity index (χ1v) is 14.2. The van der Waals surface area contributed by atoms with Crippen molar-refractivity contribution in [2.75, 3.05) is 30.4 Å². The standard InChI is InChI=1S/C31H31N3O6S/c1-22(23-12-6-4-7-13-23)32-31(36)26-16-10-11-17-27(26)33-30(35)21-34(41(37,38)25-14-8-5-9-15-25)28-20-24(39-2)18-19-29(28)40-3/h4-20,22H,21H2,1-3H3,(H,32,36)(H,33,35)/t22-/m0/s1. The van der Waals surface area contributed by atoms with Gasteiger partial charge in [-0.1, -0.05) is 60.7 Å². The van der Waals surface area contributed by atoms with Crippen LogP contribution in [-0.4, -0.2) is 41.0 Å². The molecule has 212 valence electrons. The van der Waals surface area contributed by atoms with E-state index in [-0.39, 0.29) is 39.5 Å². The third kappa shape index (κ3) is 6.85. The van der Waals surface area contributed by atoms with E-state index in [0.29, 0.717) is 5.75 Å². The molecule has 0 heterocycles. The Bertz CT molecular complexity index is 1610. The van der Waals surface area contributed by atoms with E-state index < -0.39 is 22.5 Å². The normalized spacial score (nSPS) is 11.7. The number of para-hydroxylation sites is 1. The van der Waals surface area contributed by atoms with Gasteiger partial charge >= 0.3 is 0 Å². The lowest BCUT2D eigenvalue weighted by atomic mass is 10.1. The molecule has 2 N–H and O–H groups in total. The molecule has 0 fully saturated rings. The van der Waals surface area contributed by atoms with Crippen molar-refractivity contribution in [3.63, 3.8) is 0 Å². The number of nitrogens with one attached hydrogen (secondary N) is 2. The van der Waals surface area contributed by atoms with Crippen LogP contribution < -0.4 is 24.4 Å². The molecular formula is C31H31N3O6S. The van der Waals surface area contributed by atoms with E-state index in [1.54, 1.807) is 54.6 Å². The molecule has 0 aliphatic carbocycles. The first-order valence-electron chi connectivity index (χ1n) is 12.8. The highest BCUT2D eigenvalue weighted by Gasteiger charge is 2.30. The summed E-state index contributed by atoms with van der Waals surface area (Å²) in [4.78, 5) is 26.6. The Hall–Kier alpha value is -4.83. The second-order valence-electron chi connectivity index (χ2n) is 9.06. The van der Waals surface area contributed by atoms with Crippen LogP contribution in [0.5, 0.6) is 11.5 Å². The Morgan fingerprint density at radius 1 is 0.829 bits per heavy atom. The number of nitrogens with zero attached hydrogens (tertiary/aromatic N) is 1. The lowest BCUT2D eigenvalue weighted by molar-refractivity contribution is -0.114. The Morgan fingerprint density at radius 3 is 2.12 bits per heavy atom. The van der Waals surface area contributed by atoms with E-state index in [1.807, 2.05) is 37.3 Å². The number of hydrogen-bond donors (Lipinski definition) is 2. The molecule has 0 aliphatic heterocycles. The van der Waals surface area contributed by atoms with Crippen LogP contribution in [0.25, 0.3) is 0 Å². The van der Waals surface area contributed by atoms with Crippen molar-refractivity contribution in [1.29, 1.82) is 0 Å². The van der Waals surface area contributed by atoms with Crippen LogP contribution in [0.4, 0.5) is 11.4 Å². The van der Waals surface area contributed by atoms with Gasteiger partial charge in [0, 0.05) is 6.07 Å². The van der Waals surface area contributed by atoms with Crippen molar-refractivity contribution in [2.45, 2.75) is 17.9 Å². The minimum atomic E-state index is -4.21. The molecule has 2 amide bonds. The maximum atomic E-state index is 13.8. The maximum absolute atomic E-state index is 13.8. The number of benzene rings is 4. The summed E-state index contributed by atoms with van der Waals surface area (Å²) in [6.07, 6.45) is 0. The first kappa shape index (κ1) is 29.2. The molecule has 41 heavy (non-hydrogen) atoms. The molecule has 0 unspecified atom stereocenters. The molecule has 0 spiro atoms. The van der Waals surface area contributed by atoms with Crippen molar-refractivity contribution in [1.82, 2.24) is 5.32 Å². The van der Waals surface area contributed by atoms with Crippen molar-refractivity contribution in [3.8, 4) is 11.5 Å². The lowest BCUT2D eigenvalue weighted by Gasteiger charge is -2.26. The minimum Gasteiger partial charge on any atom is -0.497 e. The van der Waals surface area contributed by atoms with E-state index in [1.165, 1.54) is 32.4 Å². The fraction of sp³-hybridized carbons (Fsp3) is 0.161. The molecule has 4 rings (SSSR count). The summed E-state index contributed by atoms with van der Waals surface area (Å²) in [6, 6.07) is 28.2. The zero-order valence-electron chi connectivity index (χ0n) is 22.9. The number of carbonyl (C=O) groups is 2. The molecular weight excluding hydrogens is 542 g/mol. The Morgan fingerprint density at radius 2 is 1.46 bits per heavy atom. The van der Waals surface area contributed by atoms with Gasteiger partial charge in [-0.25, -0.2) is 8.42 Å². The van der Waals surface area contributed by atoms with Crippen molar-refractivity contribution < 1.29 is 27.5 Å². The van der Waals surface area contributed by atoms with Gasteiger partial charge in [0.25, 0.3) is 15.9 Å². The minimum absolute atomic E-state index is 0.00708. The van der Waals surface area contributed by atoms with Crippen LogP contribution in [0.15, 0.2) is 108 Å². The zero-order valence-corrected chi connectivity index (χ0v) is 23.7. The molecule has 10 heteroatoms. The highest BCUT2D eigenvalue weighted by Crippen LogP contribution is 2.35. The number of hydrogen-bond acceptors (Lipinski definition) is 6. The molecule has 9 nitrogen and oxygen atoms in total. The van der Waals surface area contributed by atoms with Crippen LogP contribution in [0, 0.1) is 0 Å². The van der Waals surface area contributed by atoms with Gasteiger partial charge in [0.1, 0.15) is 18.0 Å². The molecule has 1 atom stereocenters. The summed E-state index contributed by atoms with van der Waals surface area (Å²) in [7, 11) is -1.35. The van der Waals surface area contributed by atoms with Gasteiger partial charge in [-0.05, 0) is 48.9 Å². The van der Waals surface area contributed by atoms with Gasteiger partial charge in [-0.2, -0.15) is 0 Å². The van der Waals surface area contributed by atoms with Crippen LogP contribution in [0.3, 0.4) is 0 Å². The predicted octanol–water partition coefficient (Wildman–Crippen LogP) is 5.03. The van der Waals surface area contributed by atoms with Crippen LogP contribution in [-0.2, 0) is 14.8 Å². The number of amides is 2. The Balaban J connectivity index is 1.64. The molecule has 0 aliphatic rings. The smallest absolute Gasteiger partial charge is 0.264 e. The molecule has 0 saturated carbocycles. The summed E-state index contributed by atoms with van der Waals surface area (Å²) < 4.78 is 39.3. The summed E-state index contributed by atoms with van der Waals surface area (Å²) in [6.45, 7) is 1.26. The summed E-state index contributed by atoms with van der Waals surface area (Å²) in [5.41, 5.74) is 1.52. The Labute approximate surface area is 239 Å². The van der Waals surface area contributed by atoms with Gasteiger partial charge in [-0.3, -0.25) is 13.9 Å². The van der Waals surface area contributed by atoms with E-state index in [9.17, 15) is 18.0 Å². The summed E-state index contributed by atoms with van der Waals surface area (Å²) in [5, 5.41) is 5.66. The van der Waals surface area contributed by atoms with Crippen molar-refractivity contribution in [3.05, 3.63) is 114 Å².